The highest BCUT2D eigenvalue weighted by atomic mass is 16.2. The molecule has 7 heteroatoms. The molecule has 3 fully saturated rings. The van der Waals surface area contributed by atoms with Crippen molar-refractivity contribution in [2.24, 2.45) is 5.92 Å². The number of carbonyl (C=O) groups is 1. The number of amides is 1. The third kappa shape index (κ3) is 3.00. The maximum absolute atomic E-state index is 12.0. The van der Waals surface area contributed by atoms with E-state index in [0.29, 0.717) is 5.95 Å². The van der Waals surface area contributed by atoms with Crippen molar-refractivity contribution in [2.75, 3.05) is 25.0 Å². The van der Waals surface area contributed by atoms with E-state index in [1.165, 1.54) is 25.2 Å². The monoisotopic (exact) mass is 402 g/mol. The summed E-state index contributed by atoms with van der Waals surface area (Å²) in [7, 11) is 0. The molecule has 3 aromatic rings. The number of rotatable bonds is 6. The Morgan fingerprint density at radius 2 is 1.83 bits per heavy atom. The second-order valence-electron chi connectivity index (χ2n) is 8.73. The van der Waals surface area contributed by atoms with Gasteiger partial charge in [0.2, 0.25) is 11.9 Å². The Kier molecular flexibility index (Phi) is 4.14. The van der Waals surface area contributed by atoms with E-state index in [2.05, 4.69) is 56.4 Å². The predicted molar refractivity (Wildman–Crippen MR) is 115 cm³/mol. The van der Waals surface area contributed by atoms with Crippen molar-refractivity contribution >= 4 is 17.5 Å². The van der Waals surface area contributed by atoms with Crippen molar-refractivity contribution in [3.63, 3.8) is 0 Å². The molecule has 7 nitrogen and oxygen atoms in total. The fourth-order valence-corrected chi connectivity index (χ4v) is 4.73. The number of benzene rings is 1. The maximum atomic E-state index is 12.0. The molecule has 3 aliphatic rings. The van der Waals surface area contributed by atoms with Crippen molar-refractivity contribution in [1.82, 2.24) is 24.4 Å². The van der Waals surface area contributed by atoms with E-state index >= 15 is 0 Å². The average molecular weight is 403 g/mol. The molecule has 4 heterocycles. The summed E-state index contributed by atoms with van der Waals surface area (Å²) in [6.45, 7) is 6.84. The normalized spacial score (nSPS) is 23.6. The highest BCUT2D eigenvalue weighted by Gasteiger charge is 2.50. The van der Waals surface area contributed by atoms with Crippen LogP contribution in [0, 0.1) is 5.92 Å². The summed E-state index contributed by atoms with van der Waals surface area (Å²) in [5, 5.41) is 7.38. The smallest absolute Gasteiger partial charge is 0.249 e. The van der Waals surface area contributed by atoms with Crippen LogP contribution in [0.15, 0.2) is 42.5 Å². The standard InChI is InChI=1S/C23H26N6O/c1-2-27-13-20-19(27)14-28(20)12-15-6-8-16(9-7-15)18-4-3-5-21-24-23(26-29(18)21)25-22(30)17-10-11-17/h3-9,17,19-20H,2,10-14H2,1H3,(H,25,26,30)/t19-,20?/m0/s1. The highest BCUT2D eigenvalue weighted by Crippen LogP contribution is 2.34. The van der Waals surface area contributed by atoms with E-state index in [0.717, 1.165) is 48.4 Å². The van der Waals surface area contributed by atoms with Crippen LogP contribution in [0.5, 0.6) is 0 Å². The first-order chi connectivity index (χ1) is 14.7. The van der Waals surface area contributed by atoms with E-state index in [1.54, 1.807) is 0 Å². The van der Waals surface area contributed by atoms with Gasteiger partial charge in [0.25, 0.3) is 0 Å². The van der Waals surface area contributed by atoms with E-state index in [-0.39, 0.29) is 11.8 Å². The predicted octanol–water partition coefficient (Wildman–Crippen LogP) is 2.63. The van der Waals surface area contributed by atoms with Crippen LogP contribution in [0.4, 0.5) is 5.95 Å². The summed E-state index contributed by atoms with van der Waals surface area (Å²) in [6, 6.07) is 16.2. The number of nitrogens with zero attached hydrogens (tertiary/aromatic N) is 5. The summed E-state index contributed by atoms with van der Waals surface area (Å²) >= 11 is 0. The van der Waals surface area contributed by atoms with Crippen molar-refractivity contribution in [3.05, 3.63) is 48.0 Å². The van der Waals surface area contributed by atoms with Crippen LogP contribution in [0.2, 0.25) is 0 Å². The molecule has 1 unspecified atom stereocenters. The van der Waals surface area contributed by atoms with Crippen LogP contribution in [0.1, 0.15) is 25.3 Å². The van der Waals surface area contributed by atoms with Crippen LogP contribution in [0.3, 0.4) is 0 Å². The van der Waals surface area contributed by atoms with Gasteiger partial charge in [-0.05, 0) is 37.1 Å². The molecular formula is C23H26N6O. The van der Waals surface area contributed by atoms with Crippen molar-refractivity contribution in [1.29, 1.82) is 0 Å². The molecular weight excluding hydrogens is 376 g/mol. The first-order valence-corrected chi connectivity index (χ1v) is 10.9. The Labute approximate surface area is 175 Å². The lowest BCUT2D eigenvalue weighted by molar-refractivity contribution is -0.125. The van der Waals surface area contributed by atoms with Gasteiger partial charge in [0, 0.05) is 43.2 Å². The molecule has 30 heavy (non-hydrogen) atoms. The SMILES string of the molecule is CCN1CC2[C@@H]1CN2Cc1ccc(-c2cccc3nc(NC(=O)C4CC4)nn23)cc1. The molecule has 6 rings (SSSR count). The molecule has 2 aliphatic heterocycles. The molecule has 1 amide bonds. The lowest BCUT2D eigenvalue weighted by atomic mass is 9.85. The van der Waals surface area contributed by atoms with Gasteiger partial charge in [-0.1, -0.05) is 37.3 Å². The van der Waals surface area contributed by atoms with Crippen LogP contribution in [-0.4, -0.2) is 62.0 Å². The van der Waals surface area contributed by atoms with Gasteiger partial charge in [0.1, 0.15) is 0 Å². The minimum absolute atomic E-state index is 0.0264. The molecule has 2 saturated heterocycles. The molecule has 0 radical (unpaired) electrons. The lowest BCUT2D eigenvalue weighted by Gasteiger charge is -2.62. The summed E-state index contributed by atoms with van der Waals surface area (Å²) in [5.41, 5.74) is 4.15. The Bertz CT molecular complexity index is 1100. The fraction of sp³-hybridized carbons (Fsp3) is 0.435. The van der Waals surface area contributed by atoms with Gasteiger partial charge in [-0.3, -0.25) is 19.9 Å². The maximum Gasteiger partial charge on any atom is 0.249 e. The zero-order valence-corrected chi connectivity index (χ0v) is 17.2. The number of fused-ring (bicyclic) bond motifs is 2. The second kappa shape index (κ2) is 6.89. The first kappa shape index (κ1) is 18.0. The Balaban J connectivity index is 1.18. The molecule has 0 bridgehead atoms. The number of likely N-dealkylation sites (tertiary alicyclic amines) is 2. The van der Waals surface area contributed by atoms with Gasteiger partial charge in [-0.25, -0.2) is 4.52 Å². The van der Waals surface area contributed by atoms with E-state index in [1.807, 2.05) is 22.7 Å². The minimum Gasteiger partial charge on any atom is -0.296 e. The largest absolute Gasteiger partial charge is 0.296 e. The van der Waals surface area contributed by atoms with Crippen LogP contribution < -0.4 is 5.32 Å². The topological polar surface area (TPSA) is 65.8 Å². The number of pyridine rings is 1. The Hall–Kier alpha value is -2.77. The highest BCUT2D eigenvalue weighted by molar-refractivity contribution is 5.92. The van der Waals surface area contributed by atoms with Gasteiger partial charge in [-0.2, -0.15) is 4.98 Å². The zero-order chi connectivity index (χ0) is 20.2. The molecule has 2 aromatic heterocycles. The van der Waals surface area contributed by atoms with Crippen LogP contribution >= 0.6 is 0 Å². The summed E-state index contributed by atoms with van der Waals surface area (Å²) < 4.78 is 1.81. The van der Waals surface area contributed by atoms with Gasteiger partial charge < -0.3 is 0 Å². The summed E-state index contributed by atoms with van der Waals surface area (Å²) in [5.74, 6) is 0.541. The minimum atomic E-state index is 0.0264. The van der Waals surface area contributed by atoms with E-state index in [9.17, 15) is 4.79 Å². The van der Waals surface area contributed by atoms with E-state index < -0.39 is 0 Å². The van der Waals surface area contributed by atoms with Crippen molar-refractivity contribution in [3.8, 4) is 11.3 Å². The third-order valence-corrected chi connectivity index (χ3v) is 6.81. The molecule has 154 valence electrons. The summed E-state index contributed by atoms with van der Waals surface area (Å²) in [6.07, 6.45) is 1.93. The van der Waals surface area contributed by atoms with Crippen molar-refractivity contribution in [2.45, 2.75) is 38.4 Å². The number of aromatic nitrogens is 3. The van der Waals surface area contributed by atoms with Gasteiger partial charge in [-0.15, -0.1) is 5.10 Å². The number of nitrogens with one attached hydrogen (secondary N) is 1. The second-order valence-corrected chi connectivity index (χ2v) is 8.73. The molecule has 1 aliphatic carbocycles. The quantitative estimate of drug-likeness (QED) is 0.687. The number of hydrogen-bond donors (Lipinski definition) is 1. The lowest BCUT2D eigenvalue weighted by Crippen LogP contribution is -2.78. The average Bonchev–Trinajstić information content (AvgIpc) is 3.52. The molecule has 1 aromatic carbocycles. The fourth-order valence-electron chi connectivity index (χ4n) is 4.73. The number of likely N-dealkylation sites (N-methyl/N-ethyl adjacent to an activating group) is 1. The molecule has 1 saturated carbocycles. The van der Waals surface area contributed by atoms with E-state index in [4.69, 9.17) is 0 Å². The molecule has 1 N–H and O–H groups in total. The molecule has 2 atom stereocenters. The van der Waals surface area contributed by atoms with Gasteiger partial charge in [0.05, 0.1) is 5.69 Å². The molecule has 0 spiro atoms. The number of piperazine rings is 1. The number of hydrogen-bond acceptors (Lipinski definition) is 5. The first-order valence-electron chi connectivity index (χ1n) is 10.9. The van der Waals surface area contributed by atoms with Crippen LogP contribution in [0.25, 0.3) is 16.9 Å². The van der Waals surface area contributed by atoms with Crippen molar-refractivity contribution < 1.29 is 4.79 Å². The third-order valence-electron chi connectivity index (χ3n) is 6.81. The number of carbonyl (C=O) groups excluding carboxylic acids is 1. The number of anilines is 1. The van der Waals surface area contributed by atoms with Crippen LogP contribution in [-0.2, 0) is 11.3 Å². The summed E-state index contributed by atoms with van der Waals surface area (Å²) in [4.78, 5) is 21.6. The zero-order valence-electron chi connectivity index (χ0n) is 17.2. The van der Waals surface area contributed by atoms with Gasteiger partial charge >= 0.3 is 0 Å². The Morgan fingerprint density at radius 1 is 1.07 bits per heavy atom. The van der Waals surface area contributed by atoms with Gasteiger partial charge in [0.15, 0.2) is 5.65 Å². The Morgan fingerprint density at radius 3 is 2.53 bits per heavy atom.